The molecule has 0 atom stereocenters. The molecule has 0 fully saturated rings. The predicted octanol–water partition coefficient (Wildman–Crippen LogP) is 4.13. The second kappa shape index (κ2) is 5.82. The number of hydrogen-bond donors (Lipinski definition) is 1. The summed E-state index contributed by atoms with van der Waals surface area (Å²) in [6, 6.07) is 8.71. The van der Waals surface area contributed by atoms with E-state index in [1.807, 2.05) is 31.2 Å². The Balaban J connectivity index is 2.28. The van der Waals surface area contributed by atoms with Crippen LogP contribution < -0.4 is 10.1 Å². The quantitative estimate of drug-likeness (QED) is 0.922. The second-order valence-electron chi connectivity index (χ2n) is 3.54. The van der Waals surface area contributed by atoms with Gasteiger partial charge in [-0.25, -0.2) is 9.37 Å². The largest absolute Gasteiger partial charge is 0.492 e. The van der Waals surface area contributed by atoms with Crippen LogP contribution in [0.2, 0.25) is 0 Å². The molecule has 0 spiro atoms. The van der Waals surface area contributed by atoms with Gasteiger partial charge < -0.3 is 10.1 Å². The van der Waals surface area contributed by atoms with Crippen molar-refractivity contribution in [3.05, 3.63) is 46.8 Å². The number of nitrogens with one attached hydrogen (secondary N) is 1. The van der Waals surface area contributed by atoms with Crippen LogP contribution in [-0.2, 0) is 0 Å². The van der Waals surface area contributed by atoms with Crippen molar-refractivity contribution in [1.29, 1.82) is 0 Å². The van der Waals surface area contributed by atoms with E-state index in [0.717, 1.165) is 0 Å². The highest BCUT2D eigenvalue weighted by atomic mass is 79.9. The summed E-state index contributed by atoms with van der Waals surface area (Å²) < 4.78 is 19.7. The molecule has 0 aliphatic carbocycles. The van der Waals surface area contributed by atoms with Crippen molar-refractivity contribution in [3.8, 4) is 5.75 Å². The molecule has 0 aliphatic rings. The van der Waals surface area contributed by atoms with Crippen LogP contribution >= 0.6 is 15.9 Å². The van der Waals surface area contributed by atoms with Gasteiger partial charge in [0.15, 0.2) is 11.6 Å². The van der Waals surface area contributed by atoms with E-state index >= 15 is 0 Å². The van der Waals surface area contributed by atoms with E-state index < -0.39 is 5.82 Å². The molecule has 0 saturated carbocycles. The number of anilines is 2. The average Bonchev–Trinajstić information content (AvgIpc) is 2.35. The molecule has 0 saturated heterocycles. The first-order valence-corrected chi connectivity index (χ1v) is 6.30. The van der Waals surface area contributed by atoms with E-state index in [0.29, 0.717) is 22.5 Å². The Hall–Kier alpha value is -1.62. The molecule has 0 amide bonds. The molecule has 94 valence electrons. The van der Waals surface area contributed by atoms with Crippen LogP contribution in [0.25, 0.3) is 0 Å². The Morgan fingerprint density at radius 2 is 2.17 bits per heavy atom. The molecule has 2 aromatic rings. The van der Waals surface area contributed by atoms with Crippen molar-refractivity contribution in [1.82, 2.24) is 4.98 Å². The first-order chi connectivity index (χ1) is 8.70. The lowest BCUT2D eigenvalue weighted by Gasteiger charge is -2.12. The van der Waals surface area contributed by atoms with Gasteiger partial charge in [0.1, 0.15) is 5.75 Å². The second-order valence-corrected chi connectivity index (χ2v) is 4.45. The van der Waals surface area contributed by atoms with E-state index in [4.69, 9.17) is 4.74 Å². The molecule has 0 aliphatic heterocycles. The molecule has 1 aromatic heterocycles. The van der Waals surface area contributed by atoms with Crippen molar-refractivity contribution < 1.29 is 9.13 Å². The summed E-state index contributed by atoms with van der Waals surface area (Å²) in [5.74, 6) is 0.421. The topological polar surface area (TPSA) is 34.1 Å². The molecule has 2 rings (SSSR count). The van der Waals surface area contributed by atoms with Crippen LogP contribution in [0.5, 0.6) is 5.75 Å². The molecular weight excluding hydrogens is 299 g/mol. The molecule has 1 aromatic carbocycles. The van der Waals surface area contributed by atoms with Crippen LogP contribution in [0.4, 0.5) is 15.9 Å². The van der Waals surface area contributed by atoms with E-state index in [9.17, 15) is 4.39 Å². The van der Waals surface area contributed by atoms with Gasteiger partial charge in [0.25, 0.3) is 0 Å². The zero-order valence-electron chi connectivity index (χ0n) is 9.78. The normalized spacial score (nSPS) is 10.2. The summed E-state index contributed by atoms with van der Waals surface area (Å²) in [7, 11) is 0. The van der Waals surface area contributed by atoms with Gasteiger partial charge >= 0.3 is 0 Å². The number of aromatic nitrogens is 1. The Morgan fingerprint density at radius 3 is 2.89 bits per heavy atom. The maximum Gasteiger partial charge on any atom is 0.166 e. The minimum absolute atomic E-state index is 0.172. The number of para-hydroxylation sites is 2. The summed E-state index contributed by atoms with van der Waals surface area (Å²) in [4.78, 5) is 3.99. The van der Waals surface area contributed by atoms with Crippen LogP contribution in [0.15, 0.2) is 41.0 Å². The maximum absolute atomic E-state index is 13.7. The minimum Gasteiger partial charge on any atom is -0.492 e. The third-order valence-electron chi connectivity index (χ3n) is 2.25. The Kier molecular flexibility index (Phi) is 4.15. The van der Waals surface area contributed by atoms with Gasteiger partial charge in [0.05, 0.1) is 12.3 Å². The number of hydrogen-bond acceptors (Lipinski definition) is 3. The molecule has 3 nitrogen and oxygen atoms in total. The van der Waals surface area contributed by atoms with Gasteiger partial charge in [-0.3, -0.25) is 0 Å². The van der Waals surface area contributed by atoms with Gasteiger partial charge in [-0.15, -0.1) is 0 Å². The number of ether oxygens (including phenoxy) is 1. The average molecular weight is 311 g/mol. The summed E-state index contributed by atoms with van der Waals surface area (Å²) in [5, 5.41) is 2.92. The highest BCUT2D eigenvalue weighted by molar-refractivity contribution is 9.10. The highest BCUT2D eigenvalue weighted by Crippen LogP contribution is 2.28. The van der Waals surface area contributed by atoms with Gasteiger partial charge in [-0.05, 0) is 41.1 Å². The zero-order valence-corrected chi connectivity index (χ0v) is 11.4. The fraction of sp³-hybridized carbons (Fsp3) is 0.154. The van der Waals surface area contributed by atoms with E-state index in [2.05, 4.69) is 26.2 Å². The number of rotatable bonds is 4. The highest BCUT2D eigenvalue weighted by Gasteiger charge is 2.08. The molecule has 5 heteroatoms. The predicted molar refractivity (Wildman–Crippen MR) is 72.8 cm³/mol. The number of halogens is 2. The smallest absolute Gasteiger partial charge is 0.166 e. The molecule has 0 bridgehead atoms. The van der Waals surface area contributed by atoms with Gasteiger partial charge in [-0.1, -0.05) is 12.1 Å². The summed E-state index contributed by atoms with van der Waals surface area (Å²) in [5.41, 5.74) is 0.688. The van der Waals surface area contributed by atoms with Crippen molar-refractivity contribution >= 4 is 27.4 Å². The summed E-state index contributed by atoms with van der Waals surface area (Å²) in [6.45, 7) is 2.45. The number of pyridine rings is 1. The Labute approximate surface area is 113 Å². The Morgan fingerprint density at radius 1 is 1.39 bits per heavy atom. The maximum atomic E-state index is 13.7. The third kappa shape index (κ3) is 2.98. The fourth-order valence-electron chi connectivity index (χ4n) is 1.49. The molecular formula is C13H12BrFN2O. The summed E-state index contributed by atoms with van der Waals surface area (Å²) in [6.07, 6.45) is 1.54. The van der Waals surface area contributed by atoms with Crippen LogP contribution in [-0.4, -0.2) is 11.6 Å². The lowest BCUT2D eigenvalue weighted by Crippen LogP contribution is -2.00. The first kappa shape index (κ1) is 12.8. The van der Waals surface area contributed by atoms with E-state index in [-0.39, 0.29) is 5.82 Å². The van der Waals surface area contributed by atoms with Crippen LogP contribution in [0.1, 0.15) is 6.92 Å². The van der Waals surface area contributed by atoms with Crippen LogP contribution in [0, 0.1) is 5.82 Å². The first-order valence-electron chi connectivity index (χ1n) is 5.50. The number of benzene rings is 1. The molecule has 1 heterocycles. The number of nitrogens with zero attached hydrogens (tertiary/aromatic N) is 1. The van der Waals surface area contributed by atoms with Gasteiger partial charge in [0, 0.05) is 10.7 Å². The zero-order chi connectivity index (χ0) is 13.0. The van der Waals surface area contributed by atoms with Crippen molar-refractivity contribution in [2.24, 2.45) is 0 Å². The van der Waals surface area contributed by atoms with Crippen LogP contribution in [0.3, 0.4) is 0 Å². The molecule has 0 unspecified atom stereocenters. The van der Waals surface area contributed by atoms with Crippen molar-refractivity contribution in [3.63, 3.8) is 0 Å². The fourth-order valence-corrected chi connectivity index (χ4v) is 1.79. The third-order valence-corrected chi connectivity index (χ3v) is 2.68. The van der Waals surface area contributed by atoms with Gasteiger partial charge in [-0.2, -0.15) is 0 Å². The molecule has 1 N–H and O–H groups in total. The molecule has 18 heavy (non-hydrogen) atoms. The summed E-state index contributed by atoms with van der Waals surface area (Å²) >= 11 is 3.17. The van der Waals surface area contributed by atoms with Crippen molar-refractivity contribution in [2.75, 3.05) is 11.9 Å². The lowest BCUT2D eigenvalue weighted by molar-refractivity contribution is 0.342. The van der Waals surface area contributed by atoms with E-state index in [1.165, 1.54) is 12.3 Å². The monoisotopic (exact) mass is 310 g/mol. The Bertz CT molecular complexity index is 548. The lowest BCUT2D eigenvalue weighted by atomic mass is 10.3. The van der Waals surface area contributed by atoms with Gasteiger partial charge in [0.2, 0.25) is 0 Å². The molecule has 0 radical (unpaired) electrons. The minimum atomic E-state index is -0.421. The van der Waals surface area contributed by atoms with Crippen molar-refractivity contribution in [2.45, 2.75) is 6.92 Å². The standard InChI is InChI=1S/C13H12BrFN2O/c1-2-18-12-6-4-3-5-11(12)17-13-10(15)7-9(14)8-16-13/h3-8H,2H2,1H3,(H,16,17). The van der Waals surface area contributed by atoms with E-state index in [1.54, 1.807) is 0 Å². The SMILES string of the molecule is CCOc1ccccc1Nc1ncc(Br)cc1F.